The van der Waals surface area contributed by atoms with E-state index in [1.54, 1.807) is 0 Å². The SMILES string of the molecule is Cc1cccc(C2(CCN)CCOC2)c1C. The summed E-state index contributed by atoms with van der Waals surface area (Å²) in [6.45, 7) is 6.81. The molecule has 1 heterocycles. The third kappa shape index (κ3) is 1.87. The van der Waals surface area contributed by atoms with Crippen molar-refractivity contribution in [2.24, 2.45) is 5.73 Å². The molecule has 1 atom stereocenters. The molecule has 0 radical (unpaired) electrons. The first-order valence-electron chi connectivity index (χ1n) is 6.04. The molecule has 1 aliphatic heterocycles. The maximum absolute atomic E-state index is 5.76. The molecule has 1 aromatic rings. The molecule has 1 fully saturated rings. The van der Waals surface area contributed by atoms with Crippen molar-refractivity contribution in [1.82, 2.24) is 0 Å². The molecular formula is C14H21NO. The fourth-order valence-electron chi connectivity index (χ4n) is 2.75. The summed E-state index contributed by atoms with van der Waals surface area (Å²) in [5.74, 6) is 0. The Hall–Kier alpha value is -0.860. The van der Waals surface area contributed by atoms with E-state index < -0.39 is 0 Å². The topological polar surface area (TPSA) is 35.2 Å². The van der Waals surface area contributed by atoms with Crippen molar-refractivity contribution in [3.05, 3.63) is 34.9 Å². The highest BCUT2D eigenvalue weighted by Gasteiger charge is 2.36. The van der Waals surface area contributed by atoms with Gasteiger partial charge in [0.2, 0.25) is 0 Å². The van der Waals surface area contributed by atoms with Crippen LogP contribution in [0.4, 0.5) is 0 Å². The summed E-state index contributed by atoms with van der Waals surface area (Å²) in [5, 5.41) is 0. The van der Waals surface area contributed by atoms with Crippen molar-refractivity contribution in [2.75, 3.05) is 19.8 Å². The van der Waals surface area contributed by atoms with Crippen LogP contribution in [0.3, 0.4) is 0 Å². The van der Waals surface area contributed by atoms with E-state index in [2.05, 4.69) is 32.0 Å². The van der Waals surface area contributed by atoms with Crippen molar-refractivity contribution in [3.63, 3.8) is 0 Å². The van der Waals surface area contributed by atoms with Gasteiger partial charge in [-0.1, -0.05) is 18.2 Å². The summed E-state index contributed by atoms with van der Waals surface area (Å²) < 4.78 is 5.61. The van der Waals surface area contributed by atoms with E-state index in [0.717, 1.165) is 32.6 Å². The van der Waals surface area contributed by atoms with Gasteiger partial charge in [-0.25, -0.2) is 0 Å². The molecule has 0 saturated carbocycles. The molecule has 2 N–H and O–H groups in total. The average Bonchev–Trinajstić information content (AvgIpc) is 2.72. The Morgan fingerprint density at radius 3 is 2.81 bits per heavy atom. The number of rotatable bonds is 3. The molecule has 1 unspecified atom stereocenters. The van der Waals surface area contributed by atoms with E-state index in [1.165, 1.54) is 16.7 Å². The van der Waals surface area contributed by atoms with Gasteiger partial charge in [0.05, 0.1) is 6.61 Å². The third-order valence-corrected chi connectivity index (χ3v) is 3.90. The van der Waals surface area contributed by atoms with Gasteiger partial charge >= 0.3 is 0 Å². The smallest absolute Gasteiger partial charge is 0.0564 e. The largest absolute Gasteiger partial charge is 0.380 e. The zero-order valence-corrected chi connectivity index (χ0v) is 10.3. The molecule has 2 rings (SSSR count). The van der Waals surface area contributed by atoms with E-state index in [9.17, 15) is 0 Å². The minimum absolute atomic E-state index is 0.171. The first-order chi connectivity index (χ1) is 7.69. The van der Waals surface area contributed by atoms with Crippen LogP contribution < -0.4 is 5.73 Å². The Morgan fingerprint density at radius 2 is 2.19 bits per heavy atom. The zero-order valence-electron chi connectivity index (χ0n) is 10.3. The van der Waals surface area contributed by atoms with E-state index in [0.29, 0.717) is 0 Å². The van der Waals surface area contributed by atoms with Gasteiger partial charge < -0.3 is 10.5 Å². The number of ether oxygens (including phenoxy) is 1. The van der Waals surface area contributed by atoms with Gasteiger partial charge in [-0.15, -0.1) is 0 Å². The van der Waals surface area contributed by atoms with Crippen molar-refractivity contribution in [3.8, 4) is 0 Å². The average molecular weight is 219 g/mol. The molecule has 0 aliphatic carbocycles. The van der Waals surface area contributed by atoms with Crippen LogP contribution in [-0.2, 0) is 10.2 Å². The van der Waals surface area contributed by atoms with Crippen LogP contribution in [0.2, 0.25) is 0 Å². The summed E-state index contributed by atoms with van der Waals surface area (Å²) in [6.07, 6.45) is 2.13. The first kappa shape index (κ1) is 11.6. The second-order valence-corrected chi connectivity index (χ2v) is 4.87. The standard InChI is InChI=1S/C14H21NO/c1-11-4-3-5-13(12(11)2)14(6-8-15)7-9-16-10-14/h3-5H,6-10,15H2,1-2H3. The summed E-state index contributed by atoms with van der Waals surface area (Å²) in [6, 6.07) is 6.56. The van der Waals surface area contributed by atoms with Gasteiger partial charge in [0, 0.05) is 12.0 Å². The van der Waals surface area contributed by atoms with Crippen LogP contribution in [-0.4, -0.2) is 19.8 Å². The van der Waals surface area contributed by atoms with Crippen molar-refractivity contribution in [1.29, 1.82) is 0 Å². The lowest BCUT2D eigenvalue weighted by Crippen LogP contribution is -2.30. The monoisotopic (exact) mass is 219 g/mol. The summed E-state index contributed by atoms with van der Waals surface area (Å²) >= 11 is 0. The van der Waals surface area contributed by atoms with E-state index in [1.807, 2.05) is 0 Å². The van der Waals surface area contributed by atoms with Crippen molar-refractivity contribution >= 4 is 0 Å². The minimum atomic E-state index is 0.171. The van der Waals surface area contributed by atoms with Gasteiger partial charge in [0.15, 0.2) is 0 Å². The normalized spacial score (nSPS) is 24.9. The number of benzene rings is 1. The fourth-order valence-corrected chi connectivity index (χ4v) is 2.75. The van der Waals surface area contributed by atoms with Crippen molar-refractivity contribution < 1.29 is 4.74 Å². The molecular weight excluding hydrogens is 198 g/mol. The van der Waals surface area contributed by atoms with Gasteiger partial charge in [-0.3, -0.25) is 0 Å². The van der Waals surface area contributed by atoms with Crippen LogP contribution in [0.1, 0.15) is 29.5 Å². The zero-order chi connectivity index (χ0) is 11.6. The highest BCUT2D eigenvalue weighted by molar-refractivity contribution is 5.39. The van der Waals surface area contributed by atoms with Crippen LogP contribution in [0.5, 0.6) is 0 Å². The van der Waals surface area contributed by atoms with Crippen LogP contribution >= 0.6 is 0 Å². The Kier molecular flexibility index (Phi) is 3.31. The van der Waals surface area contributed by atoms with Gasteiger partial charge in [-0.2, -0.15) is 0 Å². The van der Waals surface area contributed by atoms with Crippen LogP contribution in [0, 0.1) is 13.8 Å². The Morgan fingerprint density at radius 1 is 1.38 bits per heavy atom. The first-order valence-corrected chi connectivity index (χ1v) is 6.04. The quantitative estimate of drug-likeness (QED) is 0.846. The summed E-state index contributed by atoms with van der Waals surface area (Å²) in [4.78, 5) is 0. The molecule has 88 valence electrons. The van der Waals surface area contributed by atoms with Gasteiger partial charge in [-0.05, 0) is 49.9 Å². The van der Waals surface area contributed by atoms with Gasteiger partial charge in [0.1, 0.15) is 0 Å². The second-order valence-electron chi connectivity index (χ2n) is 4.87. The summed E-state index contributed by atoms with van der Waals surface area (Å²) in [7, 11) is 0. The lowest BCUT2D eigenvalue weighted by Gasteiger charge is -2.29. The molecule has 1 aromatic carbocycles. The molecule has 0 aromatic heterocycles. The molecule has 1 aliphatic rings. The minimum Gasteiger partial charge on any atom is -0.380 e. The second kappa shape index (κ2) is 4.56. The number of aryl methyl sites for hydroxylation is 1. The van der Waals surface area contributed by atoms with Gasteiger partial charge in [0.25, 0.3) is 0 Å². The Balaban J connectivity index is 2.42. The lowest BCUT2D eigenvalue weighted by atomic mass is 9.74. The van der Waals surface area contributed by atoms with E-state index in [-0.39, 0.29) is 5.41 Å². The molecule has 0 bridgehead atoms. The molecule has 2 nitrogen and oxygen atoms in total. The third-order valence-electron chi connectivity index (χ3n) is 3.90. The summed E-state index contributed by atoms with van der Waals surface area (Å²) in [5.41, 5.74) is 10.1. The van der Waals surface area contributed by atoms with E-state index in [4.69, 9.17) is 10.5 Å². The highest BCUT2D eigenvalue weighted by atomic mass is 16.5. The predicted octanol–water partition coefficient (Wildman–Crippen LogP) is 2.31. The number of nitrogens with two attached hydrogens (primary N) is 1. The Labute approximate surface area is 97.8 Å². The number of hydrogen-bond donors (Lipinski definition) is 1. The van der Waals surface area contributed by atoms with E-state index >= 15 is 0 Å². The van der Waals surface area contributed by atoms with Crippen LogP contribution in [0.25, 0.3) is 0 Å². The lowest BCUT2D eigenvalue weighted by molar-refractivity contribution is 0.175. The highest BCUT2D eigenvalue weighted by Crippen LogP contribution is 2.38. The number of hydrogen-bond acceptors (Lipinski definition) is 2. The predicted molar refractivity (Wildman–Crippen MR) is 66.7 cm³/mol. The molecule has 1 saturated heterocycles. The molecule has 0 amide bonds. The molecule has 16 heavy (non-hydrogen) atoms. The maximum atomic E-state index is 5.76. The maximum Gasteiger partial charge on any atom is 0.0564 e. The van der Waals surface area contributed by atoms with Crippen molar-refractivity contribution in [2.45, 2.75) is 32.1 Å². The molecule has 2 heteroatoms. The van der Waals surface area contributed by atoms with Crippen LogP contribution in [0.15, 0.2) is 18.2 Å². The molecule has 0 spiro atoms. The Bertz CT molecular complexity index is 367. The fraction of sp³-hybridized carbons (Fsp3) is 0.571.